The van der Waals surface area contributed by atoms with E-state index in [0.717, 1.165) is 5.01 Å². The molecular formula is C16H18N2O4. The minimum Gasteiger partial charge on any atom is -0.508 e. The monoisotopic (exact) mass is 302 g/mol. The van der Waals surface area contributed by atoms with Gasteiger partial charge in [-0.1, -0.05) is 20.8 Å². The van der Waals surface area contributed by atoms with Gasteiger partial charge in [0.25, 0.3) is 17.7 Å². The Balaban J connectivity index is 1.82. The van der Waals surface area contributed by atoms with E-state index < -0.39 is 11.3 Å². The van der Waals surface area contributed by atoms with Crippen LogP contribution in [0.5, 0.6) is 5.75 Å². The lowest BCUT2D eigenvalue weighted by Gasteiger charge is -2.63. The van der Waals surface area contributed by atoms with Crippen molar-refractivity contribution in [2.75, 3.05) is 0 Å². The Morgan fingerprint density at radius 3 is 2.36 bits per heavy atom. The van der Waals surface area contributed by atoms with E-state index in [1.54, 1.807) is 0 Å². The third-order valence-corrected chi connectivity index (χ3v) is 5.44. The molecule has 4 rings (SSSR count). The summed E-state index contributed by atoms with van der Waals surface area (Å²) in [5.74, 6) is -1.49. The normalized spacial score (nSPS) is 29.0. The molecule has 2 bridgehead atoms. The maximum atomic E-state index is 12.6. The van der Waals surface area contributed by atoms with Gasteiger partial charge in [0, 0.05) is 11.5 Å². The van der Waals surface area contributed by atoms with Crippen molar-refractivity contribution in [1.82, 2.24) is 10.4 Å². The lowest BCUT2D eigenvalue weighted by Crippen LogP contribution is -2.74. The van der Waals surface area contributed by atoms with E-state index >= 15 is 0 Å². The van der Waals surface area contributed by atoms with Gasteiger partial charge in [-0.2, -0.15) is 5.01 Å². The highest BCUT2D eigenvalue weighted by Gasteiger charge is 2.70. The molecule has 0 aromatic heterocycles. The molecule has 2 N–H and O–H groups in total. The van der Waals surface area contributed by atoms with Crippen molar-refractivity contribution in [3.8, 4) is 5.75 Å². The number of hydrogen-bond donors (Lipinski definition) is 2. The fraction of sp³-hybridized carbons (Fsp3) is 0.438. The summed E-state index contributed by atoms with van der Waals surface area (Å²) in [5, 5.41) is 10.1. The summed E-state index contributed by atoms with van der Waals surface area (Å²) in [5.41, 5.74) is 1.64. The van der Waals surface area contributed by atoms with E-state index in [0.29, 0.717) is 6.42 Å². The molecule has 1 saturated carbocycles. The van der Waals surface area contributed by atoms with Crippen LogP contribution in [0, 0.1) is 16.7 Å². The predicted octanol–water partition coefficient (Wildman–Crippen LogP) is 1.46. The number of amides is 3. The quantitative estimate of drug-likeness (QED) is 0.810. The molecule has 3 aliphatic rings. The van der Waals surface area contributed by atoms with Crippen LogP contribution in [0.2, 0.25) is 0 Å². The molecule has 22 heavy (non-hydrogen) atoms. The summed E-state index contributed by atoms with van der Waals surface area (Å²) < 4.78 is 0. The molecule has 0 spiro atoms. The third-order valence-electron chi connectivity index (χ3n) is 5.44. The van der Waals surface area contributed by atoms with Gasteiger partial charge in [-0.05, 0) is 36.1 Å². The van der Waals surface area contributed by atoms with E-state index in [4.69, 9.17) is 0 Å². The number of phenols is 1. The van der Waals surface area contributed by atoms with Crippen LogP contribution in [0.25, 0.3) is 0 Å². The van der Waals surface area contributed by atoms with Gasteiger partial charge in [0.15, 0.2) is 0 Å². The average molecular weight is 302 g/mol. The Morgan fingerprint density at radius 2 is 1.82 bits per heavy atom. The minimum atomic E-state index is -0.631. The molecule has 2 heterocycles. The topological polar surface area (TPSA) is 86.7 Å². The summed E-state index contributed by atoms with van der Waals surface area (Å²) in [6.07, 6.45) is 0.531. The van der Waals surface area contributed by atoms with Gasteiger partial charge in [-0.3, -0.25) is 19.8 Å². The van der Waals surface area contributed by atoms with E-state index in [-0.39, 0.29) is 34.5 Å². The molecule has 6 nitrogen and oxygen atoms in total. The number of carbonyl (C=O) groups is 3. The summed E-state index contributed by atoms with van der Waals surface area (Å²) in [6, 6.07) is 5.60. The van der Waals surface area contributed by atoms with Crippen LogP contribution in [-0.2, 0) is 9.59 Å². The first-order valence-electron chi connectivity index (χ1n) is 7.17. The van der Waals surface area contributed by atoms with E-state index in [9.17, 15) is 19.5 Å². The number of aromatic hydroxyl groups is 1. The molecule has 1 aliphatic carbocycles. The number of piperidine rings is 2. The summed E-state index contributed by atoms with van der Waals surface area (Å²) in [7, 11) is 0. The van der Waals surface area contributed by atoms with E-state index in [2.05, 4.69) is 5.43 Å². The second kappa shape index (κ2) is 4.32. The summed E-state index contributed by atoms with van der Waals surface area (Å²) >= 11 is 0. The Morgan fingerprint density at radius 1 is 1.23 bits per heavy atom. The van der Waals surface area contributed by atoms with Gasteiger partial charge in [-0.15, -0.1) is 0 Å². The van der Waals surface area contributed by atoms with E-state index in [1.807, 2.05) is 20.8 Å². The van der Waals surface area contributed by atoms with E-state index in [1.165, 1.54) is 24.3 Å². The van der Waals surface area contributed by atoms with Gasteiger partial charge in [-0.25, -0.2) is 0 Å². The molecule has 6 heteroatoms. The highest BCUT2D eigenvalue weighted by atomic mass is 16.3. The fourth-order valence-corrected chi connectivity index (χ4v) is 3.33. The lowest BCUT2D eigenvalue weighted by molar-refractivity contribution is -0.206. The zero-order chi connectivity index (χ0) is 16.3. The van der Waals surface area contributed by atoms with Crippen molar-refractivity contribution < 1.29 is 19.5 Å². The van der Waals surface area contributed by atoms with Crippen LogP contribution >= 0.6 is 0 Å². The molecule has 1 aromatic carbocycles. The highest BCUT2D eigenvalue weighted by molar-refractivity contribution is 6.08. The molecule has 2 saturated heterocycles. The largest absolute Gasteiger partial charge is 0.508 e. The number of fused-ring (bicyclic) bond motifs is 2. The summed E-state index contributed by atoms with van der Waals surface area (Å²) in [4.78, 5) is 37.1. The second-order valence-corrected chi connectivity index (χ2v) is 6.78. The zero-order valence-electron chi connectivity index (χ0n) is 12.7. The van der Waals surface area contributed by atoms with Gasteiger partial charge >= 0.3 is 0 Å². The average Bonchev–Trinajstić information content (AvgIpc) is 2.47. The highest BCUT2D eigenvalue weighted by Crippen LogP contribution is 2.64. The Hall–Kier alpha value is -2.37. The molecular weight excluding hydrogens is 284 g/mol. The van der Waals surface area contributed by atoms with Gasteiger partial charge in [0.05, 0.1) is 5.41 Å². The van der Waals surface area contributed by atoms with Crippen LogP contribution < -0.4 is 5.43 Å². The molecule has 1 aromatic rings. The number of nitrogens with zero attached hydrogens (tertiary/aromatic N) is 1. The van der Waals surface area contributed by atoms with Crippen molar-refractivity contribution in [3.05, 3.63) is 29.8 Å². The number of phenolic OH excluding ortho intramolecular Hbond substituents is 1. The van der Waals surface area contributed by atoms with Gasteiger partial charge in [0.2, 0.25) is 0 Å². The number of benzene rings is 1. The SMILES string of the molecule is CC12CC(C(=O)N(NC(=O)c3ccc(O)cc3)C1=O)C2(C)C. The number of rotatable bonds is 2. The van der Waals surface area contributed by atoms with Crippen LogP contribution in [0.1, 0.15) is 37.6 Å². The van der Waals surface area contributed by atoms with Crippen LogP contribution in [-0.4, -0.2) is 27.8 Å². The second-order valence-electron chi connectivity index (χ2n) is 6.78. The molecule has 3 amide bonds. The van der Waals surface area contributed by atoms with Crippen molar-refractivity contribution >= 4 is 17.7 Å². The van der Waals surface area contributed by atoms with Gasteiger partial charge in [0.1, 0.15) is 5.75 Å². The summed E-state index contributed by atoms with van der Waals surface area (Å²) in [6.45, 7) is 5.66. The molecule has 116 valence electrons. The number of imide groups is 1. The molecule has 2 unspecified atom stereocenters. The minimum absolute atomic E-state index is 0.0391. The zero-order valence-corrected chi connectivity index (χ0v) is 12.7. The van der Waals surface area contributed by atoms with Crippen LogP contribution in [0.4, 0.5) is 0 Å². The van der Waals surface area contributed by atoms with Crippen LogP contribution in [0.3, 0.4) is 0 Å². The van der Waals surface area contributed by atoms with Crippen LogP contribution in [0.15, 0.2) is 24.3 Å². The van der Waals surface area contributed by atoms with Crippen molar-refractivity contribution in [1.29, 1.82) is 0 Å². The third kappa shape index (κ3) is 1.70. The number of hydrogen-bond acceptors (Lipinski definition) is 4. The first-order valence-corrected chi connectivity index (χ1v) is 7.17. The molecule has 0 radical (unpaired) electrons. The molecule has 3 fully saturated rings. The number of carbonyl (C=O) groups excluding carboxylic acids is 3. The number of hydrazine groups is 1. The molecule has 2 aliphatic heterocycles. The Labute approximate surface area is 128 Å². The fourth-order valence-electron chi connectivity index (χ4n) is 3.33. The molecule has 2 atom stereocenters. The van der Waals surface area contributed by atoms with Crippen molar-refractivity contribution in [2.24, 2.45) is 16.7 Å². The maximum absolute atomic E-state index is 12.6. The Bertz CT molecular complexity index is 680. The first kappa shape index (κ1) is 14.6. The lowest BCUT2D eigenvalue weighted by atomic mass is 9.43. The maximum Gasteiger partial charge on any atom is 0.270 e. The van der Waals surface area contributed by atoms with Crippen molar-refractivity contribution in [2.45, 2.75) is 27.2 Å². The standard InChI is InChI=1S/C16H18N2O4/c1-15(2)11-8-16(15,3)14(22)18(13(11)21)17-12(20)9-4-6-10(19)7-5-9/h4-7,11,19H,8H2,1-3H3,(H,17,20). The van der Waals surface area contributed by atoms with Crippen molar-refractivity contribution in [3.63, 3.8) is 0 Å². The van der Waals surface area contributed by atoms with Gasteiger partial charge < -0.3 is 5.11 Å². The smallest absolute Gasteiger partial charge is 0.270 e. The number of nitrogens with one attached hydrogen (secondary N) is 1. The Kier molecular flexibility index (Phi) is 2.86. The first-order chi connectivity index (χ1) is 10.2. The predicted molar refractivity (Wildman–Crippen MR) is 77.4 cm³/mol.